The number of benzene rings is 2. The zero-order chi connectivity index (χ0) is 26.4. The second-order valence-electron chi connectivity index (χ2n) is 9.62. The summed E-state index contributed by atoms with van der Waals surface area (Å²) >= 11 is 8.06. The average molecular weight is 549 g/mol. The van der Waals surface area contributed by atoms with E-state index < -0.39 is 17.6 Å². The zero-order valence-corrected chi connectivity index (χ0v) is 22.3. The zero-order valence-electron chi connectivity index (χ0n) is 20.8. The molecule has 37 heavy (non-hydrogen) atoms. The summed E-state index contributed by atoms with van der Waals surface area (Å²) in [6.45, 7) is 2.39. The summed E-state index contributed by atoms with van der Waals surface area (Å²) < 4.78 is 34.1. The third-order valence-corrected chi connectivity index (χ3v) is 8.54. The highest BCUT2D eigenvalue weighted by atomic mass is 35.5. The van der Waals surface area contributed by atoms with Gasteiger partial charge in [0.1, 0.15) is 17.7 Å². The van der Waals surface area contributed by atoms with Crippen LogP contribution in [0.3, 0.4) is 0 Å². The molecule has 1 N–H and O–H groups in total. The Kier molecular flexibility index (Phi) is 9.27. The predicted molar refractivity (Wildman–Crippen MR) is 144 cm³/mol. The number of nitrogens with zero attached hydrogens (tertiary/aromatic N) is 2. The van der Waals surface area contributed by atoms with E-state index in [1.807, 2.05) is 0 Å². The van der Waals surface area contributed by atoms with Gasteiger partial charge >= 0.3 is 5.97 Å². The van der Waals surface area contributed by atoms with Gasteiger partial charge in [0.15, 0.2) is 0 Å². The number of rotatable bonds is 11. The fourth-order valence-corrected chi connectivity index (χ4v) is 6.28. The summed E-state index contributed by atoms with van der Waals surface area (Å²) in [6, 6.07) is 11.8. The topological polar surface area (TPSA) is 62.7 Å². The van der Waals surface area contributed by atoms with E-state index in [1.165, 1.54) is 18.3 Å². The minimum absolute atomic E-state index is 0.0243. The molecule has 0 amide bonds. The summed E-state index contributed by atoms with van der Waals surface area (Å²) in [4.78, 5) is 19.4. The molecule has 1 aromatic heterocycles. The van der Waals surface area contributed by atoms with Crippen molar-refractivity contribution in [2.45, 2.75) is 43.2 Å². The third kappa shape index (κ3) is 7.12. The highest BCUT2D eigenvalue weighted by molar-refractivity contribution is 7.99. The van der Waals surface area contributed by atoms with E-state index in [0.717, 1.165) is 30.3 Å². The molecule has 0 spiro atoms. The highest BCUT2D eigenvalue weighted by Crippen LogP contribution is 2.44. The Labute approximate surface area is 225 Å². The second-order valence-corrected chi connectivity index (χ2v) is 11.2. The van der Waals surface area contributed by atoms with Gasteiger partial charge in [-0.3, -0.25) is 9.78 Å². The van der Waals surface area contributed by atoms with Crippen LogP contribution in [0, 0.1) is 11.2 Å². The van der Waals surface area contributed by atoms with E-state index in [9.17, 15) is 14.3 Å². The molecule has 5 nitrogen and oxygen atoms in total. The van der Waals surface area contributed by atoms with Crippen LogP contribution in [-0.4, -0.2) is 53.5 Å². The summed E-state index contributed by atoms with van der Waals surface area (Å²) in [6.07, 6.45) is 2.19. The lowest BCUT2D eigenvalue weighted by molar-refractivity contribution is -0.141. The van der Waals surface area contributed by atoms with Gasteiger partial charge in [-0.05, 0) is 86.7 Å². The minimum atomic E-state index is -1.35. The number of hydrogen-bond donors (Lipinski definition) is 1. The Hall–Kier alpha value is -2.42. The summed E-state index contributed by atoms with van der Waals surface area (Å²) in [5.74, 6) is 0.358. The van der Waals surface area contributed by atoms with Crippen LogP contribution >= 0.6 is 23.4 Å². The number of likely N-dealkylation sites (tertiary alicyclic amines) is 1. The van der Waals surface area contributed by atoms with Crippen LogP contribution < -0.4 is 4.74 Å². The maximum atomic E-state index is 15.7. The van der Waals surface area contributed by atoms with Crippen LogP contribution in [0.1, 0.15) is 43.8 Å². The van der Waals surface area contributed by atoms with E-state index in [4.69, 9.17) is 16.3 Å². The molecule has 0 bridgehead atoms. The Balaban J connectivity index is 1.38. The maximum Gasteiger partial charge on any atom is 0.303 e. The van der Waals surface area contributed by atoms with Gasteiger partial charge in [-0.15, -0.1) is 11.8 Å². The van der Waals surface area contributed by atoms with Crippen molar-refractivity contribution in [3.05, 3.63) is 65.1 Å². The molecule has 198 valence electrons. The normalized spacial score (nSPS) is 16.5. The number of carboxylic acids is 1. The summed E-state index contributed by atoms with van der Waals surface area (Å²) in [7, 11) is 1.55. The highest BCUT2D eigenvalue weighted by Gasteiger charge is 2.37. The van der Waals surface area contributed by atoms with Crippen molar-refractivity contribution in [3.63, 3.8) is 0 Å². The standard InChI is InChI=1S/C28H31ClF2N2O3S/c1-36-20-4-7-25-22(16-20)27(23(29)18-32-25)24(31)8-9-28(17-26(34)35)10-12-33(13-11-28)14-15-37-21-5-2-19(30)3-6-21/h2-7,16,18,24H,8-15,17H2,1H3,(H,34,35). The van der Waals surface area contributed by atoms with Crippen LogP contribution in [0.25, 0.3) is 10.9 Å². The molecule has 3 aromatic rings. The number of fused-ring (bicyclic) bond motifs is 1. The lowest BCUT2D eigenvalue weighted by Gasteiger charge is -2.41. The predicted octanol–water partition coefficient (Wildman–Crippen LogP) is 7.18. The Morgan fingerprint density at radius 1 is 1.24 bits per heavy atom. The minimum Gasteiger partial charge on any atom is -0.497 e. The number of alkyl halides is 1. The largest absolute Gasteiger partial charge is 0.497 e. The van der Waals surface area contributed by atoms with Gasteiger partial charge in [-0.1, -0.05) is 11.6 Å². The number of pyridine rings is 1. The molecular formula is C28H31ClF2N2O3S. The molecule has 2 aromatic carbocycles. The number of methoxy groups -OCH3 is 1. The van der Waals surface area contributed by atoms with Gasteiger partial charge in [0.05, 0.1) is 24.1 Å². The van der Waals surface area contributed by atoms with Crippen molar-refractivity contribution < 1.29 is 23.4 Å². The molecule has 1 fully saturated rings. The Morgan fingerprint density at radius 3 is 2.65 bits per heavy atom. The first kappa shape index (κ1) is 27.6. The van der Waals surface area contributed by atoms with E-state index in [0.29, 0.717) is 41.5 Å². The van der Waals surface area contributed by atoms with Crippen LogP contribution in [0.4, 0.5) is 8.78 Å². The van der Waals surface area contributed by atoms with Crippen LogP contribution in [-0.2, 0) is 4.79 Å². The third-order valence-electron chi connectivity index (χ3n) is 7.24. The van der Waals surface area contributed by atoms with E-state index >= 15 is 4.39 Å². The fourth-order valence-electron chi connectivity index (χ4n) is 5.10. The van der Waals surface area contributed by atoms with Crippen molar-refractivity contribution in [1.29, 1.82) is 0 Å². The van der Waals surface area contributed by atoms with Gasteiger partial charge in [0.25, 0.3) is 0 Å². The number of aliphatic carboxylic acids is 1. The lowest BCUT2D eigenvalue weighted by Crippen LogP contribution is -2.42. The summed E-state index contributed by atoms with van der Waals surface area (Å²) in [5.41, 5.74) is 0.560. The molecule has 9 heteroatoms. The molecule has 2 heterocycles. The number of aromatic nitrogens is 1. The van der Waals surface area contributed by atoms with Gasteiger partial charge < -0.3 is 14.7 Å². The van der Waals surface area contributed by atoms with E-state index in [-0.39, 0.29) is 23.7 Å². The van der Waals surface area contributed by atoms with Crippen molar-refractivity contribution in [2.75, 3.05) is 32.5 Å². The number of thioether (sulfide) groups is 1. The van der Waals surface area contributed by atoms with Gasteiger partial charge in [-0.2, -0.15) is 0 Å². The first-order valence-corrected chi connectivity index (χ1v) is 13.7. The Bertz CT molecular complexity index is 1220. The van der Waals surface area contributed by atoms with Gasteiger partial charge in [0.2, 0.25) is 0 Å². The number of ether oxygens (including phenoxy) is 1. The maximum absolute atomic E-state index is 15.7. The molecule has 1 aliphatic heterocycles. The lowest BCUT2D eigenvalue weighted by atomic mass is 9.71. The van der Waals surface area contributed by atoms with Gasteiger partial charge in [0, 0.05) is 34.3 Å². The molecule has 1 unspecified atom stereocenters. The van der Waals surface area contributed by atoms with Crippen molar-refractivity contribution >= 4 is 40.2 Å². The number of halogens is 3. The smallest absolute Gasteiger partial charge is 0.303 e. The summed E-state index contributed by atoms with van der Waals surface area (Å²) in [5, 5.41) is 10.5. The fraction of sp³-hybridized carbons (Fsp3) is 0.429. The molecule has 1 saturated heterocycles. The van der Waals surface area contributed by atoms with Crippen molar-refractivity contribution in [2.24, 2.45) is 5.41 Å². The molecular weight excluding hydrogens is 518 g/mol. The second kappa shape index (κ2) is 12.4. The first-order chi connectivity index (χ1) is 17.8. The van der Waals surface area contributed by atoms with E-state index in [1.54, 1.807) is 49.2 Å². The SMILES string of the molecule is COc1ccc2ncc(Cl)c(C(F)CCC3(CC(=O)O)CCN(CCSc4ccc(F)cc4)CC3)c2c1. The molecule has 1 aliphatic rings. The number of carboxylic acid groups (broad SMARTS) is 1. The van der Waals surface area contributed by atoms with E-state index in [2.05, 4.69) is 9.88 Å². The Morgan fingerprint density at radius 2 is 1.97 bits per heavy atom. The van der Waals surface area contributed by atoms with Crippen LogP contribution in [0.15, 0.2) is 53.6 Å². The number of piperidine rings is 1. The quantitative estimate of drug-likeness (QED) is 0.256. The molecule has 0 aliphatic carbocycles. The monoisotopic (exact) mass is 548 g/mol. The van der Waals surface area contributed by atoms with Gasteiger partial charge in [-0.25, -0.2) is 8.78 Å². The molecule has 0 radical (unpaired) electrons. The molecule has 1 atom stereocenters. The number of hydrogen-bond acceptors (Lipinski definition) is 5. The van der Waals surface area contributed by atoms with Crippen molar-refractivity contribution in [3.8, 4) is 5.75 Å². The van der Waals surface area contributed by atoms with Crippen LogP contribution in [0.2, 0.25) is 5.02 Å². The first-order valence-electron chi connectivity index (χ1n) is 12.4. The number of carbonyl (C=O) groups is 1. The average Bonchev–Trinajstić information content (AvgIpc) is 2.89. The molecule has 4 rings (SSSR count). The van der Waals surface area contributed by atoms with Crippen molar-refractivity contribution in [1.82, 2.24) is 9.88 Å². The van der Waals surface area contributed by atoms with Crippen LogP contribution in [0.5, 0.6) is 5.75 Å². The molecule has 0 saturated carbocycles.